The van der Waals surface area contributed by atoms with Gasteiger partial charge in [0, 0.05) is 18.6 Å². The zero-order valence-corrected chi connectivity index (χ0v) is 21.7. The van der Waals surface area contributed by atoms with Crippen molar-refractivity contribution in [3.63, 3.8) is 0 Å². The minimum atomic E-state index is -0.576. The molecule has 0 unspecified atom stereocenters. The number of furan rings is 1. The minimum absolute atomic E-state index is 0.110. The Kier molecular flexibility index (Phi) is 7.91. The Balaban J connectivity index is 1.76. The van der Waals surface area contributed by atoms with Crippen LogP contribution in [-0.2, 0) is 16.1 Å². The fourth-order valence-corrected chi connectivity index (χ4v) is 4.75. The van der Waals surface area contributed by atoms with E-state index in [-0.39, 0.29) is 24.8 Å². The van der Waals surface area contributed by atoms with Gasteiger partial charge in [-0.05, 0) is 43.2 Å². The van der Waals surface area contributed by atoms with Crippen LogP contribution in [0.1, 0.15) is 36.0 Å². The molecule has 1 saturated heterocycles. The van der Waals surface area contributed by atoms with Crippen LogP contribution in [0.5, 0.6) is 23.0 Å². The monoisotopic (exact) mass is 508 g/mol. The van der Waals surface area contributed by atoms with E-state index >= 15 is 0 Å². The zero-order chi connectivity index (χ0) is 26.5. The second kappa shape index (κ2) is 11.3. The quantitative estimate of drug-likeness (QED) is 0.457. The van der Waals surface area contributed by atoms with E-state index in [1.165, 1.54) is 21.3 Å². The third-order valence-electron chi connectivity index (χ3n) is 6.55. The molecule has 196 valence electrons. The molecule has 1 aromatic heterocycles. The molecule has 1 fully saturated rings. The first kappa shape index (κ1) is 25.9. The van der Waals surface area contributed by atoms with Crippen molar-refractivity contribution in [2.75, 3.05) is 33.3 Å². The van der Waals surface area contributed by atoms with Crippen LogP contribution in [0, 0.1) is 12.8 Å². The number of rotatable bonds is 9. The van der Waals surface area contributed by atoms with E-state index < -0.39 is 12.0 Å². The number of piperidine rings is 1. The summed E-state index contributed by atoms with van der Waals surface area (Å²) in [6.45, 7) is 2.11. The SMILES string of the molecule is COc1ccc([C@@H]2[C@H](C(=O)NCc3ccc(C)o3)CCC(=O)N2c2cc(OC)c(OC)c(OC)c2)cc1. The van der Waals surface area contributed by atoms with Gasteiger partial charge < -0.3 is 33.6 Å². The lowest BCUT2D eigenvalue weighted by Crippen LogP contribution is -2.48. The molecule has 9 nitrogen and oxygen atoms in total. The zero-order valence-electron chi connectivity index (χ0n) is 21.7. The standard InChI is InChI=1S/C28H32N2O7/c1-17-6-9-21(37-17)16-29-28(32)22-12-13-25(31)30(26(22)18-7-10-20(33-2)11-8-18)19-14-23(34-3)27(36-5)24(15-19)35-4/h6-11,14-15,22,26H,12-13,16H2,1-5H3,(H,29,32)/t22-,26-/m1/s1. The number of benzene rings is 2. The second-order valence-corrected chi connectivity index (χ2v) is 8.74. The molecule has 2 heterocycles. The second-order valence-electron chi connectivity index (χ2n) is 8.74. The summed E-state index contributed by atoms with van der Waals surface area (Å²) < 4.78 is 27.4. The number of anilines is 1. The Hall–Kier alpha value is -4.14. The number of aryl methyl sites for hydroxylation is 1. The molecular formula is C28H32N2O7. The summed E-state index contributed by atoms with van der Waals surface area (Å²) in [6.07, 6.45) is 0.612. The predicted molar refractivity (Wildman–Crippen MR) is 137 cm³/mol. The van der Waals surface area contributed by atoms with Gasteiger partial charge in [-0.25, -0.2) is 0 Å². The number of amides is 2. The molecule has 2 atom stereocenters. The van der Waals surface area contributed by atoms with Crippen molar-refractivity contribution < 1.29 is 33.0 Å². The molecule has 9 heteroatoms. The third-order valence-corrected chi connectivity index (χ3v) is 6.55. The van der Waals surface area contributed by atoms with Crippen LogP contribution in [0.3, 0.4) is 0 Å². The number of methoxy groups -OCH3 is 4. The Morgan fingerprint density at radius 2 is 1.65 bits per heavy atom. The maximum absolute atomic E-state index is 13.5. The largest absolute Gasteiger partial charge is 0.497 e. The highest BCUT2D eigenvalue weighted by molar-refractivity contribution is 5.98. The van der Waals surface area contributed by atoms with Gasteiger partial charge >= 0.3 is 0 Å². The summed E-state index contributed by atoms with van der Waals surface area (Å²) in [5.41, 5.74) is 1.34. The molecule has 1 N–H and O–H groups in total. The summed E-state index contributed by atoms with van der Waals surface area (Å²) in [4.78, 5) is 28.6. The molecular weight excluding hydrogens is 476 g/mol. The highest BCUT2D eigenvalue weighted by atomic mass is 16.5. The maximum Gasteiger partial charge on any atom is 0.227 e. The molecule has 0 aliphatic carbocycles. The molecule has 0 bridgehead atoms. The summed E-state index contributed by atoms with van der Waals surface area (Å²) in [5, 5.41) is 2.99. The van der Waals surface area contributed by atoms with E-state index in [2.05, 4.69) is 5.32 Å². The minimum Gasteiger partial charge on any atom is -0.497 e. The Morgan fingerprint density at radius 1 is 0.973 bits per heavy atom. The molecule has 0 spiro atoms. The molecule has 2 aromatic carbocycles. The highest BCUT2D eigenvalue weighted by Crippen LogP contribution is 2.46. The lowest BCUT2D eigenvalue weighted by molar-refractivity contribution is -0.129. The van der Waals surface area contributed by atoms with E-state index in [0.717, 1.165) is 11.3 Å². The fraction of sp³-hybridized carbons (Fsp3) is 0.357. The molecule has 0 saturated carbocycles. The first-order chi connectivity index (χ1) is 17.9. The van der Waals surface area contributed by atoms with Crippen molar-refractivity contribution >= 4 is 17.5 Å². The number of ether oxygens (including phenoxy) is 4. The number of hydrogen-bond donors (Lipinski definition) is 1. The Labute approximate surface area is 216 Å². The number of carbonyl (C=O) groups excluding carboxylic acids is 2. The molecule has 4 rings (SSSR count). The summed E-state index contributed by atoms with van der Waals surface area (Å²) in [7, 11) is 6.15. The van der Waals surface area contributed by atoms with E-state index in [4.69, 9.17) is 23.4 Å². The van der Waals surface area contributed by atoms with Crippen molar-refractivity contribution in [3.8, 4) is 23.0 Å². The smallest absolute Gasteiger partial charge is 0.227 e. The van der Waals surface area contributed by atoms with Gasteiger partial charge in [0.05, 0.1) is 52.6 Å². The molecule has 37 heavy (non-hydrogen) atoms. The first-order valence-electron chi connectivity index (χ1n) is 12.0. The van der Waals surface area contributed by atoms with Crippen molar-refractivity contribution in [3.05, 3.63) is 65.6 Å². The van der Waals surface area contributed by atoms with Crippen LogP contribution in [0.15, 0.2) is 52.9 Å². The van der Waals surface area contributed by atoms with Crippen LogP contribution in [0.4, 0.5) is 5.69 Å². The van der Waals surface area contributed by atoms with Crippen molar-refractivity contribution in [2.24, 2.45) is 5.92 Å². The van der Waals surface area contributed by atoms with Gasteiger partial charge in [0.25, 0.3) is 0 Å². The Bertz CT molecular complexity index is 1230. The van der Waals surface area contributed by atoms with Gasteiger partial charge in [-0.15, -0.1) is 0 Å². The van der Waals surface area contributed by atoms with Gasteiger partial charge in [0.15, 0.2) is 11.5 Å². The molecule has 3 aromatic rings. The van der Waals surface area contributed by atoms with Gasteiger partial charge in [-0.2, -0.15) is 0 Å². The van der Waals surface area contributed by atoms with Gasteiger partial charge in [0.2, 0.25) is 17.6 Å². The van der Waals surface area contributed by atoms with E-state index in [1.807, 2.05) is 43.3 Å². The number of carbonyl (C=O) groups is 2. The molecule has 0 radical (unpaired) electrons. The highest BCUT2D eigenvalue weighted by Gasteiger charge is 2.42. The lowest BCUT2D eigenvalue weighted by atomic mass is 9.83. The van der Waals surface area contributed by atoms with E-state index in [1.54, 1.807) is 24.1 Å². The van der Waals surface area contributed by atoms with E-state index in [0.29, 0.717) is 40.9 Å². The molecule has 1 aliphatic heterocycles. The van der Waals surface area contributed by atoms with Crippen LogP contribution in [0.2, 0.25) is 0 Å². The van der Waals surface area contributed by atoms with Gasteiger partial charge in [-0.1, -0.05) is 12.1 Å². The summed E-state index contributed by atoms with van der Waals surface area (Å²) >= 11 is 0. The lowest BCUT2D eigenvalue weighted by Gasteiger charge is -2.41. The normalized spacial score (nSPS) is 17.3. The molecule has 2 amide bonds. The predicted octanol–water partition coefficient (Wildman–Crippen LogP) is 4.42. The average Bonchev–Trinajstić information content (AvgIpc) is 3.35. The van der Waals surface area contributed by atoms with Crippen molar-refractivity contribution in [1.29, 1.82) is 0 Å². The summed E-state index contributed by atoms with van der Waals surface area (Å²) in [5.74, 6) is 2.58. The average molecular weight is 509 g/mol. The Morgan fingerprint density at radius 3 is 2.19 bits per heavy atom. The van der Waals surface area contributed by atoms with Crippen LogP contribution in [0.25, 0.3) is 0 Å². The first-order valence-corrected chi connectivity index (χ1v) is 12.0. The van der Waals surface area contributed by atoms with Gasteiger partial charge in [-0.3, -0.25) is 9.59 Å². The topological polar surface area (TPSA) is 99.5 Å². The fourth-order valence-electron chi connectivity index (χ4n) is 4.75. The summed E-state index contributed by atoms with van der Waals surface area (Å²) in [6, 6.07) is 14.0. The van der Waals surface area contributed by atoms with Crippen LogP contribution in [-0.4, -0.2) is 40.3 Å². The number of nitrogens with zero attached hydrogens (tertiary/aromatic N) is 1. The van der Waals surface area contributed by atoms with Gasteiger partial charge in [0.1, 0.15) is 17.3 Å². The third kappa shape index (κ3) is 5.35. The van der Waals surface area contributed by atoms with Crippen molar-refractivity contribution in [1.82, 2.24) is 5.32 Å². The maximum atomic E-state index is 13.5. The number of nitrogens with one attached hydrogen (secondary N) is 1. The number of hydrogen-bond acceptors (Lipinski definition) is 7. The van der Waals surface area contributed by atoms with E-state index in [9.17, 15) is 9.59 Å². The van der Waals surface area contributed by atoms with Crippen LogP contribution >= 0.6 is 0 Å². The molecule has 1 aliphatic rings. The van der Waals surface area contributed by atoms with Crippen LogP contribution < -0.4 is 29.2 Å². The van der Waals surface area contributed by atoms with Crippen molar-refractivity contribution in [2.45, 2.75) is 32.4 Å².